The van der Waals surface area contributed by atoms with Crippen LogP contribution in [0.25, 0.3) is 10.9 Å². The predicted molar refractivity (Wildman–Crippen MR) is 97.9 cm³/mol. The van der Waals surface area contributed by atoms with Crippen molar-refractivity contribution in [3.05, 3.63) is 52.6 Å². The van der Waals surface area contributed by atoms with Crippen molar-refractivity contribution in [2.45, 2.75) is 39.0 Å². The lowest BCUT2D eigenvalue weighted by Gasteiger charge is -2.20. The van der Waals surface area contributed by atoms with Gasteiger partial charge in [-0.3, -0.25) is 15.0 Å². The second kappa shape index (κ2) is 6.14. The number of carbonyl (C=O) groups excluding carboxylic acids is 1. The number of hydrogen-bond donors (Lipinski definition) is 1. The zero-order valence-electron chi connectivity index (χ0n) is 14.6. The summed E-state index contributed by atoms with van der Waals surface area (Å²) < 4.78 is 1.35. The first-order valence-corrected chi connectivity index (χ1v) is 9.03. The average molecular weight is 337 g/mol. The topological polar surface area (TPSA) is 64.0 Å². The van der Waals surface area contributed by atoms with Crippen LogP contribution in [0, 0.1) is 17.8 Å². The minimum atomic E-state index is -0.213. The second-order valence-corrected chi connectivity index (χ2v) is 7.56. The highest BCUT2D eigenvalue weighted by molar-refractivity contribution is 5.85. The maximum absolute atomic E-state index is 12.9. The molecule has 2 aliphatic rings. The van der Waals surface area contributed by atoms with Gasteiger partial charge in [-0.1, -0.05) is 38.1 Å². The van der Waals surface area contributed by atoms with E-state index in [0.717, 1.165) is 6.42 Å². The Morgan fingerprint density at radius 3 is 2.76 bits per heavy atom. The monoisotopic (exact) mass is 337 g/mol. The molecule has 5 heteroatoms. The first-order chi connectivity index (χ1) is 12.0. The van der Waals surface area contributed by atoms with E-state index >= 15 is 0 Å². The molecule has 25 heavy (non-hydrogen) atoms. The number of nitrogens with zero attached hydrogens (tertiary/aromatic N) is 2. The molecular formula is C20H23N3O2. The van der Waals surface area contributed by atoms with Crippen LogP contribution in [0.5, 0.6) is 0 Å². The Labute approximate surface area is 146 Å². The van der Waals surface area contributed by atoms with Crippen LogP contribution in [0.3, 0.4) is 0 Å². The van der Waals surface area contributed by atoms with Gasteiger partial charge in [0, 0.05) is 12.3 Å². The number of fused-ring (bicyclic) bond motifs is 3. The third-order valence-corrected chi connectivity index (χ3v) is 5.42. The van der Waals surface area contributed by atoms with Crippen molar-refractivity contribution < 1.29 is 4.79 Å². The third kappa shape index (κ3) is 2.88. The zero-order chi connectivity index (χ0) is 17.6. The van der Waals surface area contributed by atoms with Crippen LogP contribution in [0.2, 0.25) is 0 Å². The Balaban J connectivity index is 1.62. The zero-order valence-corrected chi connectivity index (χ0v) is 14.6. The molecule has 2 aromatic rings. The summed E-state index contributed by atoms with van der Waals surface area (Å²) in [6.45, 7) is 3.94. The molecule has 4 rings (SSSR count). The maximum atomic E-state index is 12.9. The lowest BCUT2D eigenvalue weighted by atomic mass is 9.90. The van der Waals surface area contributed by atoms with Gasteiger partial charge in [0.1, 0.15) is 5.82 Å². The van der Waals surface area contributed by atoms with Crippen molar-refractivity contribution in [3.8, 4) is 0 Å². The molecule has 0 radical (unpaired) electrons. The van der Waals surface area contributed by atoms with Crippen LogP contribution < -0.4 is 11.0 Å². The van der Waals surface area contributed by atoms with E-state index in [1.807, 2.05) is 32.0 Å². The quantitative estimate of drug-likeness (QED) is 0.872. The molecule has 1 saturated carbocycles. The third-order valence-electron chi connectivity index (χ3n) is 5.42. The van der Waals surface area contributed by atoms with Gasteiger partial charge in [-0.15, -0.1) is 0 Å². The maximum Gasteiger partial charge on any atom is 0.280 e. The van der Waals surface area contributed by atoms with Gasteiger partial charge in [0.2, 0.25) is 5.91 Å². The number of benzene rings is 1. The molecule has 1 fully saturated rings. The molecule has 1 heterocycles. The summed E-state index contributed by atoms with van der Waals surface area (Å²) in [5, 5.41) is 0.523. The SMILES string of the molecule is CC(C)c1nc2ccccc2c(=O)n1NC(=O)CC1CC2C=CC1C2. The molecule has 2 bridgehead atoms. The smallest absolute Gasteiger partial charge is 0.273 e. The lowest BCUT2D eigenvalue weighted by molar-refractivity contribution is -0.118. The van der Waals surface area contributed by atoms with Crippen LogP contribution >= 0.6 is 0 Å². The Morgan fingerprint density at radius 2 is 2.08 bits per heavy atom. The van der Waals surface area contributed by atoms with Crippen LogP contribution in [-0.4, -0.2) is 15.6 Å². The summed E-state index contributed by atoms with van der Waals surface area (Å²) >= 11 is 0. The molecule has 1 aromatic carbocycles. The summed E-state index contributed by atoms with van der Waals surface area (Å²) in [5.74, 6) is 2.06. The Hall–Kier alpha value is -2.43. The highest BCUT2D eigenvalue weighted by atomic mass is 16.2. The highest BCUT2D eigenvalue weighted by Crippen LogP contribution is 2.44. The first-order valence-electron chi connectivity index (χ1n) is 9.03. The normalized spacial score (nSPS) is 24.4. The fraction of sp³-hybridized carbons (Fsp3) is 0.450. The molecule has 0 spiro atoms. The van der Waals surface area contributed by atoms with E-state index in [0.29, 0.717) is 40.9 Å². The van der Waals surface area contributed by atoms with Crippen molar-refractivity contribution >= 4 is 16.8 Å². The Kier molecular flexibility index (Phi) is 3.94. The van der Waals surface area contributed by atoms with E-state index in [4.69, 9.17) is 0 Å². The van der Waals surface area contributed by atoms with Crippen LogP contribution in [-0.2, 0) is 4.79 Å². The average Bonchev–Trinajstić information content (AvgIpc) is 3.20. The van der Waals surface area contributed by atoms with Crippen molar-refractivity contribution in [2.75, 3.05) is 5.43 Å². The number of para-hydroxylation sites is 1. The summed E-state index contributed by atoms with van der Waals surface area (Å²) in [7, 11) is 0. The molecule has 1 N–H and O–H groups in total. The van der Waals surface area contributed by atoms with Gasteiger partial charge in [0.05, 0.1) is 10.9 Å². The number of aromatic nitrogens is 2. The van der Waals surface area contributed by atoms with Crippen LogP contribution in [0.1, 0.15) is 44.9 Å². The number of allylic oxidation sites excluding steroid dienone is 2. The van der Waals surface area contributed by atoms with Gasteiger partial charge < -0.3 is 0 Å². The molecule has 1 aromatic heterocycles. The molecule has 3 unspecified atom stereocenters. The van der Waals surface area contributed by atoms with Gasteiger partial charge in [-0.2, -0.15) is 0 Å². The number of amides is 1. The van der Waals surface area contributed by atoms with Gasteiger partial charge in [-0.05, 0) is 42.7 Å². The van der Waals surface area contributed by atoms with Gasteiger partial charge >= 0.3 is 0 Å². The summed E-state index contributed by atoms with van der Waals surface area (Å²) in [4.78, 5) is 30.0. The highest BCUT2D eigenvalue weighted by Gasteiger charge is 2.36. The number of rotatable bonds is 4. The number of nitrogens with one attached hydrogen (secondary N) is 1. The largest absolute Gasteiger partial charge is 0.280 e. The summed E-state index contributed by atoms with van der Waals surface area (Å²) in [6.07, 6.45) is 7.23. The molecule has 0 aliphatic heterocycles. The number of hydrogen-bond acceptors (Lipinski definition) is 3. The fourth-order valence-electron chi connectivity index (χ4n) is 4.18. The molecular weight excluding hydrogens is 314 g/mol. The minimum absolute atomic E-state index is 0.0306. The van der Waals surface area contributed by atoms with Gasteiger partial charge in [0.25, 0.3) is 5.56 Å². The van der Waals surface area contributed by atoms with E-state index in [1.165, 1.54) is 11.1 Å². The van der Waals surface area contributed by atoms with Gasteiger partial charge in [0.15, 0.2) is 0 Å². The van der Waals surface area contributed by atoms with Crippen LogP contribution in [0.15, 0.2) is 41.2 Å². The van der Waals surface area contributed by atoms with E-state index < -0.39 is 0 Å². The Bertz CT molecular complexity index is 913. The van der Waals surface area contributed by atoms with E-state index in [1.54, 1.807) is 6.07 Å². The fourth-order valence-corrected chi connectivity index (χ4v) is 4.18. The summed E-state index contributed by atoms with van der Waals surface area (Å²) in [6, 6.07) is 7.26. The summed E-state index contributed by atoms with van der Waals surface area (Å²) in [5.41, 5.74) is 3.27. The molecule has 2 aliphatic carbocycles. The second-order valence-electron chi connectivity index (χ2n) is 7.56. The Morgan fingerprint density at radius 1 is 1.28 bits per heavy atom. The predicted octanol–water partition coefficient (Wildman–Crippen LogP) is 3.19. The minimum Gasteiger partial charge on any atom is -0.273 e. The molecule has 0 saturated heterocycles. The van der Waals surface area contributed by atoms with E-state index in [2.05, 4.69) is 22.6 Å². The lowest BCUT2D eigenvalue weighted by Crippen LogP contribution is -2.37. The molecule has 1 amide bonds. The standard InChI is InChI=1S/C20H23N3O2/c1-12(2)19-21-17-6-4-3-5-16(17)20(25)23(19)22-18(24)11-15-10-13-7-8-14(15)9-13/h3-8,12-15H,9-11H2,1-2H3,(H,22,24). The molecule has 5 nitrogen and oxygen atoms in total. The van der Waals surface area contributed by atoms with E-state index in [9.17, 15) is 9.59 Å². The van der Waals surface area contributed by atoms with E-state index in [-0.39, 0.29) is 17.4 Å². The molecule has 130 valence electrons. The van der Waals surface area contributed by atoms with Crippen molar-refractivity contribution in [1.82, 2.24) is 9.66 Å². The number of carbonyl (C=O) groups is 1. The molecule has 3 atom stereocenters. The van der Waals surface area contributed by atoms with Gasteiger partial charge in [-0.25, -0.2) is 9.66 Å². The first kappa shape index (κ1) is 16.1. The van der Waals surface area contributed by atoms with Crippen molar-refractivity contribution in [3.63, 3.8) is 0 Å². The van der Waals surface area contributed by atoms with Crippen molar-refractivity contribution in [2.24, 2.45) is 17.8 Å². The van der Waals surface area contributed by atoms with Crippen molar-refractivity contribution in [1.29, 1.82) is 0 Å². The van der Waals surface area contributed by atoms with Crippen LogP contribution in [0.4, 0.5) is 0 Å².